The fourth-order valence-corrected chi connectivity index (χ4v) is 2.76. The lowest BCUT2D eigenvalue weighted by Gasteiger charge is -2.29. The molecule has 0 aliphatic heterocycles. The Hall–Kier alpha value is -2.27. The molecule has 1 N–H and O–H groups in total. The van der Waals surface area contributed by atoms with E-state index in [1.165, 1.54) is 0 Å². The minimum atomic E-state index is 0.123. The molecule has 25 heavy (non-hydrogen) atoms. The molecule has 2 aromatic rings. The lowest BCUT2D eigenvalue weighted by molar-refractivity contribution is -0.121. The van der Waals surface area contributed by atoms with Gasteiger partial charge in [-0.1, -0.05) is 19.1 Å². The Kier molecular flexibility index (Phi) is 8.05. The first-order valence-electron chi connectivity index (χ1n) is 8.99. The molecule has 0 saturated heterocycles. The molecule has 2 heterocycles. The second-order valence-corrected chi connectivity index (χ2v) is 6.27. The zero-order valence-electron chi connectivity index (χ0n) is 15.2. The molecule has 0 spiro atoms. The van der Waals surface area contributed by atoms with E-state index in [0.717, 1.165) is 37.3 Å². The van der Waals surface area contributed by atoms with Crippen molar-refractivity contribution in [2.24, 2.45) is 0 Å². The highest BCUT2D eigenvalue weighted by Gasteiger charge is 2.16. The van der Waals surface area contributed by atoms with Gasteiger partial charge in [0.2, 0.25) is 5.91 Å². The number of nitrogens with zero attached hydrogens (tertiary/aromatic N) is 3. The predicted molar refractivity (Wildman–Crippen MR) is 100.0 cm³/mol. The highest BCUT2D eigenvalue weighted by molar-refractivity contribution is 5.75. The van der Waals surface area contributed by atoms with Crippen LogP contribution in [0.5, 0.6) is 0 Å². The summed E-state index contributed by atoms with van der Waals surface area (Å²) < 4.78 is 0. The van der Waals surface area contributed by atoms with Crippen LogP contribution in [0.1, 0.15) is 38.1 Å². The van der Waals surface area contributed by atoms with Gasteiger partial charge in [0.25, 0.3) is 0 Å². The Morgan fingerprint density at radius 1 is 1.12 bits per heavy atom. The summed E-state index contributed by atoms with van der Waals surface area (Å²) in [4.78, 5) is 22.9. The summed E-state index contributed by atoms with van der Waals surface area (Å²) in [7, 11) is 0. The molecule has 1 unspecified atom stereocenters. The van der Waals surface area contributed by atoms with E-state index in [0.29, 0.717) is 19.0 Å². The minimum Gasteiger partial charge on any atom is -0.355 e. The summed E-state index contributed by atoms with van der Waals surface area (Å²) in [5.41, 5.74) is 2.12. The average molecular weight is 340 g/mol. The second-order valence-electron chi connectivity index (χ2n) is 6.27. The second kappa shape index (κ2) is 10.6. The number of carbonyl (C=O) groups is 1. The van der Waals surface area contributed by atoms with E-state index in [1.54, 1.807) is 0 Å². The maximum absolute atomic E-state index is 11.7. The molecule has 1 amide bonds. The fourth-order valence-electron chi connectivity index (χ4n) is 2.76. The Labute approximate surface area is 150 Å². The van der Waals surface area contributed by atoms with E-state index in [-0.39, 0.29) is 5.91 Å². The van der Waals surface area contributed by atoms with Gasteiger partial charge in [0.1, 0.15) is 0 Å². The van der Waals surface area contributed by atoms with Gasteiger partial charge < -0.3 is 5.32 Å². The Morgan fingerprint density at radius 3 is 2.40 bits per heavy atom. The van der Waals surface area contributed by atoms with Crippen LogP contribution in [-0.2, 0) is 17.8 Å². The SMILES string of the molecule is CCCC(=O)NCCN(Cc1ccccn1)C(C)Cc1ccccn1. The summed E-state index contributed by atoms with van der Waals surface area (Å²) in [5.74, 6) is 0.123. The maximum atomic E-state index is 11.7. The van der Waals surface area contributed by atoms with Crippen molar-refractivity contribution in [3.63, 3.8) is 0 Å². The molecule has 2 rings (SSSR count). The summed E-state index contributed by atoms with van der Waals surface area (Å²) in [5, 5.41) is 3.00. The van der Waals surface area contributed by atoms with Crippen molar-refractivity contribution in [1.29, 1.82) is 0 Å². The van der Waals surface area contributed by atoms with Gasteiger partial charge in [0.05, 0.1) is 5.69 Å². The van der Waals surface area contributed by atoms with Crippen molar-refractivity contribution in [1.82, 2.24) is 20.2 Å². The molecule has 0 aromatic carbocycles. The number of aromatic nitrogens is 2. The third-order valence-corrected chi connectivity index (χ3v) is 4.14. The van der Waals surface area contributed by atoms with Crippen LogP contribution in [0.4, 0.5) is 0 Å². The maximum Gasteiger partial charge on any atom is 0.220 e. The van der Waals surface area contributed by atoms with Crippen molar-refractivity contribution < 1.29 is 4.79 Å². The van der Waals surface area contributed by atoms with Crippen LogP contribution in [0.15, 0.2) is 48.8 Å². The van der Waals surface area contributed by atoms with Crippen LogP contribution in [0.2, 0.25) is 0 Å². The quantitative estimate of drug-likeness (QED) is 0.722. The molecule has 0 bridgehead atoms. The third-order valence-electron chi connectivity index (χ3n) is 4.14. The molecule has 5 heteroatoms. The van der Waals surface area contributed by atoms with Crippen molar-refractivity contribution >= 4 is 5.91 Å². The summed E-state index contributed by atoms with van der Waals surface area (Å²) >= 11 is 0. The number of nitrogens with one attached hydrogen (secondary N) is 1. The topological polar surface area (TPSA) is 58.1 Å². The first-order valence-corrected chi connectivity index (χ1v) is 8.99. The molecule has 0 aliphatic carbocycles. The molecule has 134 valence electrons. The van der Waals surface area contributed by atoms with Gasteiger partial charge in [-0.25, -0.2) is 0 Å². The van der Waals surface area contributed by atoms with Gasteiger partial charge in [0, 0.05) is 56.6 Å². The van der Waals surface area contributed by atoms with Gasteiger partial charge in [-0.2, -0.15) is 0 Å². The summed E-state index contributed by atoms with van der Waals surface area (Å²) in [6, 6.07) is 12.3. The van der Waals surface area contributed by atoms with Crippen molar-refractivity contribution in [3.8, 4) is 0 Å². The Balaban J connectivity index is 1.96. The molecule has 0 fully saturated rings. The number of pyridine rings is 2. The summed E-state index contributed by atoms with van der Waals surface area (Å²) in [6.45, 7) is 6.42. The van der Waals surface area contributed by atoms with Gasteiger partial charge in [-0.3, -0.25) is 19.7 Å². The number of rotatable bonds is 10. The fraction of sp³-hybridized carbons (Fsp3) is 0.450. The first kappa shape index (κ1) is 19.1. The van der Waals surface area contributed by atoms with E-state index in [1.807, 2.05) is 49.6 Å². The third kappa shape index (κ3) is 7.01. The van der Waals surface area contributed by atoms with E-state index in [4.69, 9.17) is 0 Å². The molecule has 5 nitrogen and oxygen atoms in total. The van der Waals surface area contributed by atoms with Crippen LogP contribution in [0.3, 0.4) is 0 Å². The van der Waals surface area contributed by atoms with Gasteiger partial charge in [-0.15, -0.1) is 0 Å². The first-order chi connectivity index (χ1) is 12.2. The minimum absolute atomic E-state index is 0.123. The lowest BCUT2D eigenvalue weighted by atomic mass is 10.1. The molecule has 0 saturated carbocycles. The van der Waals surface area contributed by atoms with Crippen molar-refractivity contribution in [2.45, 2.75) is 45.7 Å². The monoisotopic (exact) mass is 340 g/mol. The number of amides is 1. The van der Waals surface area contributed by atoms with E-state index < -0.39 is 0 Å². The molecule has 0 aliphatic rings. The van der Waals surface area contributed by atoms with Gasteiger partial charge in [-0.05, 0) is 37.6 Å². The van der Waals surface area contributed by atoms with Crippen LogP contribution in [-0.4, -0.2) is 39.9 Å². The predicted octanol–water partition coefficient (Wildman–Crippen LogP) is 2.83. The van der Waals surface area contributed by atoms with Crippen LogP contribution in [0, 0.1) is 0 Å². The molecule has 1 atom stereocenters. The van der Waals surface area contributed by atoms with Gasteiger partial charge in [0.15, 0.2) is 0 Å². The van der Waals surface area contributed by atoms with Crippen molar-refractivity contribution in [3.05, 3.63) is 60.2 Å². The highest BCUT2D eigenvalue weighted by atomic mass is 16.1. The summed E-state index contributed by atoms with van der Waals surface area (Å²) in [6.07, 6.45) is 5.98. The van der Waals surface area contributed by atoms with E-state index in [9.17, 15) is 4.79 Å². The Bertz CT molecular complexity index is 618. The van der Waals surface area contributed by atoms with E-state index in [2.05, 4.69) is 33.2 Å². The molecular formula is C20H28N4O. The molecule has 2 aromatic heterocycles. The largest absolute Gasteiger partial charge is 0.355 e. The molecular weight excluding hydrogens is 312 g/mol. The van der Waals surface area contributed by atoms with Crippen LogP contribution in [0.25, 0.3) is 0 Å². The zero-order chi connectivity index (χ0) is 17.9. The van der Waals surface area contributed by atoms with Crippen LogP contribution < -0.4 is 5.32 Å². The molecule has 0 radical (unpaired) electrons. The standard InChI is InChI=1S/C20H28N4O/c1-3-8-20(25)23-13-14-24(16-19-10-5-7-12-22-19)17(2)15-18-9-4-6-11-21-18/h4-7,9-12,17H,3,8,13-16H2,1-2H3,(H,23,25). The van der Waals surface area contributed by atoms with Crippen molar-refractivity contribution in [2.75, 3.05) is 13.1 Å². The number of hydrogen-bond donors (Lipinski definition) is 1. The number of hydrogen-bond acceptors (Lipinski definition) is 4. The Morgan fingerprint density at radius 2 is 1.80 bits per heavy atom. The normalized spacial score (nSPS) is 12.1. The average Bonchev–Trinajstić information content (AvgIpc) is 2.63. The lowest BCUT2D eigenvalue weighted by Crippen LogP contribution is -2.40. The van der Waals surface area contributed by atoms with E-state index >= 15 is 0 Å². The van der Waals surface area contributed by atoms with Crippen LogP contribution >= 0.6 is 0 Å². The van der Waals surface area contributed by atoms with Gasteiger partial charge >= 0.3 is 0 Å². The smallest absolute Gasteiger partial charge is 0.220 e. The number of carbonyl (C=O) groups excluding carboxylic acids is 1. The highest BCUT2D eigenvalue weighted by Crippen LogP contribution is 2.10. The zero-order valence-corrected chi connectivity index (χ0v) is 15.2.